The van der Waals surface area contributed by atoms with E-state index in [1.165, 1.54) is 24.6 Å². The van der Waals surface area contributed by atoms with E-state index in [0.717, 1.165) is 29.0 Å². The van der Waals surface area contributed by atoms with E-state index in [-0.39, 0.29) is 11.7 Å². The monoisotopic (exact) mass is 451 g/mol. The van der Waals surface area contributed by atoms with Crippen LogP contribution in [0.4, 0.5) is 23.1 Å². The van der Waals surface area contributed by atoms with E-state index in [1.54, 1.807) is 12.1 Å². The van der Waals surface area contributed by atoms with Crippen LogP contribution in [-0.4, -0.2) is 46.3 Å². The highest BCUT2D eigenvalue weighted by Gasteiger charge is 2.30. The summed E-state index contributed by atoms with van der Waals surface area (Å²) in [6.07, 6.45) is -1.62. The summed E-state index contributed by atoms with van der Waals surface area (Å²) in [4.78, 5) is 30.3. The van der Waals surface area contributed by atoms with Gasteiger partial charge >= 0.3 is 12.3 Å². The number of nitrogens with one attached hydrogen (secondary N) is 1. The zero-order chi connectivity index (χ0) is 22.0. The van der Waals surface area contributed by atoms with Crippen LogP contribution in [0.2, 0.25) is 0 Å². The number of halogens is 3. The Labute approximate surface area is 178 Å². The molecule has 0 bridgehead atoms. The predicted octanol–water partition coefficient (Wildman–Crippen LogP) is 4.37. The van der Waals surface area contributed by atoms with Crippen molar-refractivity contribution in [1.29, 1.82) is 0 Å². The molecular weight excluding hydrogens is 435 g/mol. The molecule has 1 N–H and O–H groups in total. The van der Waals surface area contributed by atoms with Crippen LogP contribution in [-0.2, 0) is 11.0 Å². The molecule has 2 aromatic heterocycles. The fourth-order valence-electron chi connectivity index (χ4n) is 3.05. The maximum absolute atomic E-state index is 12.9. The molecule has 31 heavy (non-hydrogen) atoms. The van der Waals surface area contributed by atoms with Crippen molar-refractivity contribution in [3.63, 3.8) is 0 Å². The van der Waals surface area contributed by atoms with Crippen LogP contribution in [0.1, 0.15) is 17.5 Å². The predicted molar refractivity (Wildman–Crippen MR) is 107 cm³/mol. The first kappa shape index (κ1) is 21.0. The standard InChI is InChI=1S/C19H16F3N5O3S/c1-29-15-14-16(24-10-23-15)31-17(25-14)26-18(28)30-27-7-5-11(6-8-27)12-3-2-4-13(9-12)19(20,21)22/h2-5,9-10H,6-8H2,1H3,(H,25,26,28). The van der Waals surface area contributed by atoms with Gasteiger partial charge in [-0.3, -0.25) is 5.32 Å². The lowest BCUT2D eigenvalue weighted by Crippen LogP contribution is -2.33. The van der Waals surface area contributed by atoms with Crippen molar-refractivity contribution in [1.82, 2.24) is 20.0 Å². The molecule has 0 aliphatic carbocycles. The van der Waals surface area contributed by atoms with E-state index in [4.69, 9.17) is 9.57 Å². The summed E-state index contributed by atoms with van der Waals surface area (Å²) in [5.74, 6) is 0.297. The van der Waals surface area contributed by atoms with Gasteiger partial charge in [-0.15, -0.1) is 5.06 Å². The number of fused-ring (bicyclic) bond motifs is 1. The van der Waals surface area contributed by atoms with Gasteiger partial charge < -0.3 is 9.57 Å². The van der Waals surface area contributed by atoms with Gasteiger partial charge in [0.1, 0.15) is 6.33 Å². The van der Waals surface area contributed by atoms with E-state index in [0.29, 0.717) is 34.8 Å². The number of amides is 1. The van der Waals surface area contributed by atoms with E-state index in [2.05, 4.69) is 20.3 Å². The zero-order valence-corrected chi connectivity index (χ0v) is 17.0. The number of carbonyl (C=O) groups excluding carboxylic acids is 1. The molecule has 0 saturated carbocycles. The Kier molecular flexibility index (Phi) is 5.74. The molecule has 1 aliphatic heterocycles. The van der Waals surface area contributed by atoms with Crippen LogP contribution in [0.5, 0.6) is 5.88 Å². The van der Waals surface area contributed by atoms with Gasteiger partial charge in [-0.2, -0.15) is 18.2 Å². The molecular formula is C19H16F3N5O3S. The molecule has 4 rings (SSSR count). The van der Waals surface area contributed by atoms with Gasteiger partial charge in [0.25, 0.3) is 0 Å². The van der Waals surface area contributed by atoms with Crippen molar-refractivity contribution < 1.29 is 27.5 Å². The van der Waals surface area contributed by atoms with Gasteiger partial charge in [0.05, 0.1) is 19.2 Å². The Bertz CT molecular complexity index is 1150. The van der Waals surface area contributed by atoms with E-state index in [1.807, 2.05) is 0 Å². The Morgan fingerprint density at radius 1 is 1.29 bits per heavy atom. The smallest absolute Gasteiger partial charge is 0.432 e. The largest absolute Gasteiger partial charge is 0.479 e. The molecule has 0 spiro atoms. The van der Waals surface area contributed by atoms with E-state index >= 15 is 0 Å². The average molecular weight is 451 g/mol. The number of ether oxygens (including phenoxy) is 1. The number of hydroxylamine groups is 2. The van der Waals surface area contributed by atoms with Crippen LogP contribution >= 0.6 is 11.3 Å². The summed E-state index contributed by atoms with van der Waals surface area (Å²) in [6, 6.07) is 5.18. The Morgan fingerprint density at radius 3 is 2.84 bits per heavy atom. The second kappa shape index (κ2) is 8.47. The molecule has 0 fully saturated rings. The number of hydrogen-bond acceptors (Lipinski definition) is 8. The third kappa shape index (κ3) is 4.75. The number of rotatable bonds is 4. The highest BCUT2D eigenvalue weighted by Crippen LogP contribution is 2.32. The molecule has 3 aromatic rings. The minimum absolute atomic E-state index is 0.248. The Hall–Kier alpha value is -3.25. The third-order valence-electron chi connectivity index (χ3n) is 4.51. The summed E-state index contributed by atoms with van der Waals surface area (Å²) in [6.45, 7) is 0.590. The summed E-state index contributed by atoms with van der Waals surface area (Å²) < 4.78 is 43.9. The molecule has 0 unspecified atom stereocenters. The summed E-state index contributed by atoms with van der Waals surface area (Å²) in [5, 5.41) is 4.22. The molecule has 0 atom stereocenters. The molecule has 162 valence electrons. The first-order valence-corrected chi connectivity index (χ1v) is 9.91. The van der Waals surface area contributed by atoms with Crippen molar-refractivity contribution in [3.05, 3.63) is 47.8 Å². The minimum Gasteiger partial charge on any atom is -0.479 e. The molecule has 3 heterocycles. The molecule has 1 amide bonds. The summed E-state index contributed by atoms with van der Waals surface area (Å²) in [7, 11) is 1.46. The number of anilines is 1. The number of methoxy groups -OCH3 is 1. The first-order chi connectivity index (χ1) is 14.8. The third-order valence-corrected chi connectivity index (χ3v) is 5.39. The van der Waals surface area contributed by atoms with Crippen molar-refractivity contribution >= 4 is 38.5 Å². The van der Waals surface area contributed by atoms with Crippen LogP contribution in [0.15, 0.2) is 36.7 Å². The topological polar surface area (TPSA) is 89.5 Å². The van der Waals surface area contributed by atoms with Crippen molar-refractivity contribution in [2.45, 2.75) is 12.6 Å². The number of alkyl halides is 3. The van der Waals surface area contributed by atoms with Gasteiger partial charge in [0.2, 0.25) is 5.88 Å². The summed E-state index contributed by atoms with van der Waals surface area (Å²) >= 11 is 1.14. The molecule has 12 heteroatoms. The van der Waals surface area contributed by atoms with Crippen LogP contribution in [0.25, 0.3) is 15.9 Å². The lowest BCUT2D eigenvalue weighted by atomic mass is 9.98. The highest BCUT2D eigenvalue weighted by molar-refractivity contribution is 7.22. The maximum atomic E-state index is 12.9. The molecule has 0 saturated heterocycles. The van der Waals surface area contributed by atoms with Crippen LogP contribution in [0.3, 0.4) is 0 Å². The normalized spacial score (nSPS) is 14.9. The summed E-state index contributed by atoms with van der Waals surface area (Å²) in [5.41, 5.74) is 1.00. The fourth-order valence-corrected chi connectivity index (χ4v) is 3.84. The number of hydrogen-bond donors (Lipinski definition) is 1. The first-order valence-electron chi connectivity index (χ1n) is 9.09. The average Bonchev–Trinajstić information content (AvgIpc) is 3.16. The maximum Gasteiger partial charge on any atom is 0.432 e. The Balaban J connectivity index is 1.37. The van der Waals surface area contributed by atoms with E-state index in [9.17, 15) is 18.0 Å². The van der Waals surface area contributed by atoms with Crippen LogP contribution < -0.4 is 10.1 Å². The Morgan fingerprint density at radius 2 is 2.13 bits per heavy atom. The second-order valence-corrected chi connectivity index (χ2v) is 7.48. The second-order valence-electron chi connectivity index (χ2n) is 6.51. The molecule has 8 nitrogen and oxygen atoms in total. The van der Waals surface area contributed by atoms with Gasteiger partial charge in [0, 0.05) is 6.54 Å². The lowest BCUT2D eigenvalue weighted by molar-refractivity contribution is -0.137. The quantitative estimate of drug-likeness (QED) is 0.630. The number of nitrogens with zero attached hydrogens (tertiary/aromatic N) is 4. The number of benzene rings is 1. The van der Waals surface area contributed by atoms with Gasteiger partial charge in [0.15, 0.2) is 15.5 Å². The molecule has 1 aromatic carbocycles. The van der Waals surface area contributed by atoms with Gasteiger partial charge in [-0.1, -0.05) is 29.5 Å². The van der Waals surface area contributed by atoms with Gasteiger partial charge in [-0.05, 0) is 29.7 Å². The van der Waals surface area contributed by atoms with Crippen molar-refractivity contribution in [3.8, 4) is 5.88 Å². The fraction of sp³-hybridized carbons (Fsp3) is 0.263. The SMILES string of the molecule is COc1ncnc2sc(NC(=O)ON3CC=C(c4cccc(C(F)(F)F)c4)CC3)nc12. The molecule has 1 aliphatic rings. The van der Waals surface area contributed by atoms with Crippen molar-refractivity contribution in [2.75, 3.05) is 25.5 Å². The minimum atomic E-state index is -4.39. The van der Waals surface area contributed by atoms with Gasteiger partial charge in [-0.25, -0.2) is 14.8 Å². The molecule has 0 radical (unpaired) electrons. The zero-order valence-electron chi connectivity index (χ0n) is 16.1. The number of thiazole rings is 1. The highest BCUT2D eigenvalue weighted by atomic mass is 32.1. The number of aromatic nitrogens is 3. The number of carbonyl (C=O) groups is 1. The van der Waals surface area contributed by atoms with Crippen LogP contribution in [0, 0.1) is 0 Å². The lowest BCUT2D eigenvalue weighted by Gasteiger charge is -2.25. The van der Waals surface area contributed by atoms with Crippen molar-refractivity contribution in [2.24, 2.45) is 0 Å². The van der Waals surface area contributed by atoms with E-state index < -0.39 is 17.8 Å².